The fourth-order valence-electron chi connectivity index (χ4n) is 1.74. The van der Waals surface area contributed by atoms with Gasteiger partial charge in [0, 0.05) is 37.5 Å². The summed E-state index contributed by atoms with van der Waals surface area (Å²) in [6.07, 6.45) is 4.86. The summed E-state index contributed by atoms with van der Waals surface area (Å²) in [6, 6.07) is 2.39. The first-order valence-corrected chi connectivity index (χ1v) is 7.01. The van der Waals surface area contributed by atoms with Crippen LogP contribution in [0.5, 0.6) is 0 Å². The Labute approximate surface area is 128 Å². The van der Waals surface area contributed by atoms with Gasteiger partial charge >= 0.3 is 0 Å². The van der Waals surface area contributed by atoms with Crippen LogP contribution < -0.4 is 5.32 Å². The molecule has 0 saturated carbocycles. The normalized spacial score (nSPS) is 10.5. The highest BCUT2D eigenvalue weighted by atomic mass is 127. The second-order valence-electron chi connectivity index (χ2n) is 4.11. The summed E-state index contributed by atoms with van der Waals surface area (Å²) in [4.78, 5) is 17.5. The summed E-state index contributed by atoms with van der Waals surface area (Å²) in [5, 5.41) is 13.8. The number of aryl methyl sites for hydroxylation is 1. The van der Waals surface area contributed by atoms with Crippen LogP contribution in [0, 0.1) is 19.5 Å². The Morgan fingerprint density at radius 2 is 2.30 bits per heavy atom. The Morgan fingerprint density at radius 3 is 2.95 bits per heavy atom. The summed E-state index contributed by atoms with van der Waals surface area (Å²) in [7, 11) is 0. The van der Waals surface area contributed by atoms with Crippen molar-refractivity contribution in [1.82, 2.24) is 9.97 Å². The third-order valence-electron chi connectivity index (χ3n) is 2.70. The molecule has 0 aliphatic rings. The van der Waals surface area contributed by atoms with Crippen molar-refractivity contribution < 1.29 is 9.31 Å². The first-order chi connectivity index (χ1) is 9.58. The van der Waals surface area contributed by atoms with Gasteiger partial charge in [0.25, 0.3) is 5.69 Å². The van der Waals surface area contributed by atoms with E-state index in [0.29, 0.717) is 6.54 Å². The van der Waals surface area contributed by atoms with Crippen molar-refractivity contribution in [3.05, 3.63) is 49.9 Å². The van der Waals surface area contributed by atoms with Crippen molar-refractivity contribution in [3.63, 3.8) is 0 Å². The molecular formula is C12H12FIN4O2. The molecule has 1 aromatic heterocycles. The molecule has 0 amide bonds. The van der Waals surface area contributed by atoms with E-state index < -0.39 is 10.7 Å². The van der Waals surface area contributed by atoms with Crippen molar-refractivity contribution >= 4 is 34.0 Å². The van der Waals surface area contributed by atoms with Gasteiger partial charge in [0.15, 0.2) is 0 Å². The monoisotopic (exact) mass is 390 g/mol. The Kier molecular flexibility index (Phi) is 4.88. The number of aromatic nitrogens is 2. The number of anilines is 1. The van der Waals surface area contributed by atoms with Crippen molar-refractivity contribution in [2.45, 2.75) is 12.8 Å². The van der Waals surface area contributed by atoms with Gasteiger partial charge in [-0.15, -0.1) is 0 Å². The number of benzene rings is 1. The molecular weight excluding hydrogens is 378 g/mol. The number of aromatic amines is 1. The average Bonchev–Trinajstić information content (AvgIpc) is 2.91. The molecule has 2 aromatic rings. The molecule has 8 heteroatoms. The van der Waals surface area contributed by atoms with Gasteiger partial charge in [0.1, 0.15) is 17.3 Å². The maximum atomic E-state index is 13.5. The maximum absolute atomic E-state index is 13.5. The van der Waals surface area contributed by atoms with E-state index >= 15 is 0 Å². The number of nitrogens with one attached hydrogen (secondary N) is 2. The third kappa shape index (κ3) is 3.65. The van der Waals surface area contributed by atoms with Crippen molar-refractivity contribution in [3.8, 4) is 0 Å². The van der Waals surface area contributed by atoms with Gasteiger partial charge in [0.05, 0.1) is 8.49 Å². The summed E-state index contributed by atoms with van der Waals surface area (Å²) >= 11 is 1.73. The maximum Gasteiger partial charge on any atom is 0.293 e. The fraction of sp³-hybridized carbons (Fsp3) is 0.250. The predicted octanol–water partition coefficient (Wildman–Crippen LogP) is 3.11. The molecule has 0 bridgehead atoms. The van der Waals surface area contributed by atoms with Crippen LogP contribution in [-0.2, 0) is 6.42 Å². The first-order valence-electron chi connectivity index (χ1n) is 5.93. The number of nitro groups is 1. The van der Waals surface area contributed by atoms with E-state index in [9.17, 15) is 14.5 Å². The fourth-order valence-corrected chi connectivity index (χ4v) is 2.19. The Balaban J connectivity index is 1.98. The lowest BCUT2D eigenvalue weighted by atomic mass is 10.2. The third-order valence-corrected chi connectivity index (χ3v) is 3.52. The second kappa shape index (κ2) is 6.64. The van der Waals surface area contributed by atoms with Gasteiger partial charge in [-0.1, -0.05) is 0 Å². The molecule has 6 nitrogen and oxygen atoms in total. The minimum Gasteiger partial charge on any atom is -0.379 e. The van der Waals surface area contributed by atoms with Crippen LogP contribution in [0.25, 0.3) is 0 Å². The zero-order valence-corrected chi connectivity index (χ0v) is 12.6. The molecule has 1 aromatic carbocycles. The van der Waals surface area contributed by atoms with E-state index in [1.54, 1.807) is 35.0 Å². The number of hydrogen-bond donors (Lipinski definition) is 2. The van der Waals surface area contributed by atoms with Crippen LogP contribution >= 0.6 is 22.6 Å². The summed E-state index contributed by atoms with van der Waals surface area (Å²) in [5.74, 6) is 0.389. The highest BCUT2D eigenvalue weighted by molar-refractivity contribution is 14.1. The number of halogens is 2. The van der Waals surface area contributed by atoms with Gasteiger partial charge in [-0.25, -0.2) is 9.37 Å². The predicted molar refractivity (Wildman–Crippen MR) is 81.2 cm³/mol. The number of imidazole rings is 1. The van der Waals surface area contributed by atoms with Gasteiger partial charge in [-0.05, 0) is 29.0 Å². The van der Waals surface area contributed by atoms with Crippen molar-refractivity contribution in [1.29, 1.82) is 0 Å². The molecule has 0 fully saturated rings. The molecule has 2 N–H and O–H groups in total. The van der Waals surface area contributed by atoms with Crippen LogP contribution in [0.1, 0.15) is 12.2 Å². The van der Waals surface area contributed by atoms with E-state index in [1.165, 1.54) is 6.07 Å². The SMILES string of the molecule is O=[N+]([O-])c1cc(I)c(F)cc1NCCCc1ncc[nH]1. The van der Waals surface area contributed by atoms with Gasteiger partial charge in [-0.3, -0.25) is 10.1 Å². The second-order valence-corrected chi connectivity index (χ2v) is 5.27. The molecule has 20 heavy (non-hydrogen) atoms. The molecule has 0 aliphatic carbocycles. The van der Waals surface area contributed by atoms with Crippen molar-refractivity contribution in [2.75, 3.05) is 11.9 Å². The molecule has 0 spiro atoms. The highest BCUT2D eigenvalue weighted by Gasteiger charge is 2.17. The lowest BCUT2D eigenvalue weighted by Crippen LogP contribution is -2.07. The van der Waals surface area contributed by atoms with Crippen LogP contribution in [0.15, 0.2) is 24.5 Å². The van der Waals surface area contributed by atoms with Crippen LogP contribution in [0.4, 0.5) is 15.8 Å². The molecule has 1 heterocycles. The molecule has 0 unspecified atom stereocenters. The summed E-state index contributed by atoms with van der Waals surface area (Å²) in [6.45, 7) is 0.502. The minimum absolute atomic E-state index is 0.117. The van der Waals surface area contributed by atoms with E-state index in [2.05, 4.69) is 15.3 Å². The van der Waals surface area contributed by atoms with Gasteiger partial charge in [0.2, 0.25) is 0 Å². The Hall–Kier alpha value is -1.71. The topological polar surface area (TPSA) is 83.8 Å². The van der Waals surface area contributed by atoms with E-state index in [4.69, 9.17) is 0 Å². The number of rotatable bonds is 6. The minimum atomic E-state index is -0.517. The van der Waals surface area contributed by atoms with Crippen LogP contribution in [-0.4, -0.2) is 21.4 Å². The number of hydrogen-bond acceptors (Lipinski definition) is 4. The lowest BCUT2D eigenvalue weighted by Gasteiger charge is -2.07. The zero-order chi connectivity index (χ0) is 14.5. The van der Waals surface area contributed by atoms with Crippen molar-refractivity contribution in [2.24, 2.45) is 0 Å². The number of nitro benzene ring substituents is 1. The zero-order valence-electron chi connectivity index (χ0n) is 10.4. The average molecular weight is 390 g/mol. The summed E-state index contributed by atoms with van der Waals surface area (Å²) < 4.78 is 13.7. The first kappa shape index (κ1) is 14.7. The van der Waals surface area contributed by atoms with Crippen LogP contribution in [0.2, 0.25) is 0 Å². The van der Waals surface area contributed by atoms with E-state index in [0.717, 1.165) is 24.7 Å². The molecule has 0 atom stereocenters. The largest absolute Gasteiger partial charge is 0.379 e. The Bertz CT molecular complexity index is 604. The molecule has 0 radical (unpaired) electrons. The smallest absolute Gasteiger partial charge is 0.293 e. The van der Waals surface area contributed by atoms with Gasteiger partial charge < -0.3 is 10.3 Å². The quantitative estimate of drug-likeness (QED) is 0.344. The van der Waals surface area contributed by atoms with E-state index in [-0.39, 0.29) is 14.9 Å². The molecule has 106 valence electrons. The Morgan fingerprint density at radius 1 is 1.50 bits per heavy atom. The highest BCUT2D eigenvalue weighted by Crippen LogP contribution is 2.28. The number of nitrogens with zero attached hydrogens (tertiary/aromatic N) is 2. The number of H-pyrrole nitrogens is 1. The molecule has 2 rings (SSSR count). The molecule has 0 aliphatic heterocycles. The summed E-state index contributed by atoms with van der Waals surface area (Å²) in [5.41, 5.74) is 0.0844. The lowest BCUT2D eigenvalue weighted by molar-refractivity contribution is -0.384. The van der Waals surface area contributed by atoms with E-state index in [1.807, 2.05) is 0 Å². The van der Waals surface area contributed by atoms with Crippen LogP contribution in [0.3, 0.4) is 0 Å². The standard InChI is InChI=1S/C12H12FIN4O2/c13-8-6-10(11(18(19)20)7-9(8)14)15-3-1-2-12-16-4-5-17-12/h4-7,15H,1-3H2,(H,16,17). The molecule has 0 saturated heterocycles. The van der Waals surface area contributed by atoms with Gasteiger partial charge in [-0.2, -0.15) is 0 Å².